The van der Waals surface area contributed by atoms with Crippen molar-refractivity contribution in [3.8, 4) is 11.5 Å². The van der Waals surface area contributed by atoms with Crippen LogP contribution in [0.1, 0.15) is 17.5 Å². The van der Waals surface area contributed by atoms with Crippen LogP contribution in [-0.2, 0) is 13.2 Å². The maximum atomic E-state index is 13.8. The summed E-state index contributed by atoms with van der Waals surface area (Å²) >= 11 is 3.57. The van der Waals surface area contributed by atoms with Crippen LogP contribution in [0.15, 0.2) is 40.9 Å². The SMILES string of the molecule is CNCCCNCc1c(Br)ccc(OC)c1OCc1ccccc1F. The number of methoxy groups -OCH3 is 1. The molecule has 136 valence electrons. The molecule has 0 unspecified atom stereocenters. The standard InChI is InChI=1S/C19H24BrFN2O2/c1-22-10-5-11-23-12-15-16(20)8-9-18(24-2)19(15)25-13-14-6-3-4-7-17(14)21/h3-4,6-9,22-23H,5,10-13H2,1-2H3. The van der Waals surface area contributed by atoms with Gasteiger partial charge in [-0.15, -0.1) is 0 Å². The quantitative estimate of drug-likeness (QED) is 0.583. The monoisotopic (exact) mass is 410 g/mol. The van der Waals surface area contributed by atoms with Crippen molar-refractivity contribution >= 4 is 15.9 Å². The lowest BCUT2D eigenvalue weighted by Crippen LogP contribution is -2.20. The number of hydrogen-bond donors (Lipinski definition) is 2. The first-order valence-corrected chi connectivity index (χ1v) is 9.03. The van der Waals surface area contributed by atoms with Crippen molar-refractivity contribution in [1.82, 2.24) is 10.6 Å². The fraction of sp³-hybridized carbons (Fsp3) is 0.368. The summed E-state index contributed by atoms with van der Waals surface area (Å²) in [6.45, 7) is 2.63. The number of hydrogen-bond acceptors (Lipinski definition) is 4. The van der Waals surface area contributed by atoms with Crippen LogP contribution in [0.3, 0.4) is 0 Å². The molecule has 4 nitrogen and oxygen atoms in total. The zero-order valence-electron chi connectivity index (χ0n) is 14.6. The summed E-state index contributed by atoms with van der Waals surface area (Å²) in [4.78, 5) is 0. The molecule has 2 rings (SSSR count). The lowest BCUT2D eigenvalue weighted by atomic mass is 10.1. The molecular weight excluding hydrogens is 387 g/mol. The van der Waals surface area contributed by atoms with Gasteiger partial charge in [0, 0.05) is 22.1 Å². The first-order chi connectivity index (χ1) is 12.2. The van der Waals surface area contributed by atoms with Crippen molar-refractivity contribution < 1.29 is 13.9 Å². The smallest absolute Gasteiger partial charge is 0.167 e. The molecule has 25 heavy (non-hydrogen) atoms. The fourth-order valence-electron chi connectivity index (χ4n) is 2.43. The van der Waals surface area contributed by atoms with Gasteiger partial charge in [-0.2, -0.15) is 0 Å². The Morgan fingerprint density at radius 3 is 2.64 bits per heavy atom. The summed E-state index contributed by atoms with van der Waals surface area (Å²) in [7, 11) is 3.54. The summed E-state index contributed by atoms with van der Waals surface area (Å²) in [6.07, 6.45) is 1.03. The van der Waals surface area contributed by atoms with Crippen LogP contribution in [0.2, 0.25) is 0 Å². The van der Waals surface area contributed by atoms with Crippen LogP contribution in [0, 0.1) is 5.82 Å². The number of halogens is 2. The number of rotatable bonds is 10. The van der Waals surface area contributed by atoms with Gasteiger partial charge in [0.1, 0.15) is 12.4 Å². The number of ether oxygens (including phenoxy) is 2. The molecule has 0 radical (unpaired) electrons. The summed E-state index contributed by atoms with van der Waals surface area (Å²) in [5, 5.41) is 6.52. The Balaban J connectivity index is 2.13. The maximum Gasteiger partial charge on any atom is 0.167 e. The first-order valence-electron chi connectivity index (χ1n) is 8.24. The van der Waals surface area contributed by atoms with E-state index in [-0.39, 0.29) is 12.4 Å². The van der Waals surface area contributed by atoms with Crippen LogP contribution >= 0.6 is 15.9 Å². The molecule has 0 saturated carbocycles. The highest BCUT2D eigenvalue weighted by molar-refractivity contribution is 9.10. The zero-order valence-corrected chi connectivity index (χ0v) is 16.2. The second-order valence-electron chi connectivity index (χ2n) is 5.57. The maximum absolute atomic E-state index is 13.8. The molecular formula is C19H24BrFN2O2. The van der Waals surface area contributed by atoms with E-state index in [0.29, 0.717) is 23.6 Å². The predicted molar refractivity (Wildman–Crippen MR) is 102 cm³/mol. The molecule has 0 amide bonds. The second-order valence-corrected chi connectivity index (χ2v) is 6.43. The third-order valence-electron chi connectivity index (χ3n) is 3.80. The van der Waals surface area contributed by atoms with E-state index in [1.54, 1.807) is 25.3 Å². The van der Waals surface area contributed by atoms with E-state index in [1.165, 1.54) is 6.07 Å². The van der Waals surface area contributed by atoms with Gasteiger partial charge in [-0.05, 0) is 44.8 Å². The van der Waals surface area contributed by atoms with Crippen LogP contribution in [0.25, 0.3) is 0 Å². The molecule has 0 atom stereocenters. The highest BCUT2D eigenvalue weighted by Gasteiger charge is 2.15. The Morgan fingerprint density at radius 1 is 1.12 bits per heavy atom. The van der Waals surface area contributed by atoms with Crippen molar-refractivity contribution in [2.75, 3.05) is 27.2 Å². The molecule has 0 aliphatic rings. The van der Waals surface area contributed by atoms with Crippen LogP contribution in [0.4, 0.5) is 4.39 Å². The van der Waals surface area contributed by atoms with Crippen LogP contribution < -0.4 is 20.1 Å². The third kappa shape index (κ3) is 5.70. The minimum absolute atomic E-state index is 0.145. The molecule has 6 heteroatoms. The van der Waals surface area contributed by atoms with Gasteiger partial charge < -0.3 is 20.1 Å². The third-order valence-corrected chi connectivity index (χ3v) is 4.54. The van der Waals surface area contributed by atoms with E-state index in [0.717, 1.165) is 29.5 Å². The van der Waals surface area contributed by atoms with Gasteiger partial charge in [-0.25, -0.2) is 4.39 Å². The molecule has 0 spiro atoms. The summed E-state index contributed by atoms with van der Waals surface area (Å²) in [5.74, 6) is 0.982. The molecule has 0 saturated heterocycles. The van der Waals surface area contributed by atoms with Gasteiger partial charge >= 0.3 is 0 Å². The van der Waals surface area contributed by atoms with Crippen LogP contribution in [0.5, 0.6) is 11.5 Å². The highest BCUT2D eigenvalue weighted by atomic mass is 79.9. The Kier molecular flexibility index (Phi) is 8.18. The summed E-state index contributed by atoms with van der Waals surface area (Å²) in [6, 6.07) is 10.4. The fourth-order valence-corrected chi connectivity index (χ4v) is 2.89. The molecule has 0 aliphatic carbocycles. The topological polar surface area (TPSA) is 42.5 Å². The average molecular weight is 411 g/mol. The highest BCUT2D eigenvalue weighted by Crippen LogP contribution is 2.36. The van der Waals surface area contributed by atoms with Gasteiger partial charge in [0.2, 0.25) is 0 Å². The van der Waals surface area contributed by atoms with Crippen LogP contribution in [-0.4, -0.2) is 27.2 Å². The summed E-state index contributed by atoms with van der Waals surface area (Å²) < 4.78 is 26.1. The van der Waals surface area contributed by atoms with Gasteiger partial charge in [0.15, 0.2) is 11.5 Å². The van der Waals surface area contributed by atoms with E-state index in [4.69, 9.17) is 9.47 Å². The van der Waals surface area contributed by atoms with Gasteiger partial charge in [0.05, 0.1) is 7.11 Å². The van der Waals surface area contributed by atoms with Gasteiger partial charge in [0.25, 0.3) is 0 Å². The Bertz CT molecular complexity index is 682. The zero-order chi connectivity index (χ0) is 18.1. The summed E-state index contributed by atoms with van der Waals surface area (Å²) in [5.41, 5.74) is 1.47. The van der Waals surface area contributed by atoms with Crippen molar-refractivity contribution in [3.05, 3.63) is 57.8 Å². The largest absolute Gasteiger partial charge is 0.493 e. The molecule has 0 aliphatic heterocycles. The number of nitrogens with one attached hydrogen (secondary N) is 2. The molecule has 0 fully saturated rings. The van der Waals surface area contributed by atoms with Crippen molar-refractivity contribution in [3.63, 3.8) is 0 Å². The van der Waals surface area contributed by atoms with Crippen molar-refractivity contribution in [2.24, 2.45) is 0 Å². The number of benzene rings is 2. The van der Waals surface area contributed by atoms with E-state index >= 15 is 0 Å². The second kappa shape index (κ2) is 10.4. The van der Waals surface area contributed by atoms with Gasteiger partial charge in [-0.1, -0.05) is 34.1 Å². The van der Waals surface area contributed by atoms with E-state index in [9.17, 15) is 4.39 Å². The van der Waals surface area contributed by atoms with E-state index in [1.807, 2.05) is 19.2 Å². The minimum atomic E-state index is -0.275. The molecule has 0 heterocycles. The Labute approximate surface area is 156 Å². The van der Waals surface area contributed by atoms with E-state index < -0.39 is 0 Å². The van der Waals surface area contributed by atoms with E-state index in [2.05, 4.69) is 26.6 Å². The molecule has 2 aromatic rings. The Hall–Kier alpha value is -1.63. The molecule has 2 aromatic carbocycles. The normalized spacial score (nSPS) is 10.7. The average Bonchev–Trinajstić information content (AvgIpc) is 2.62. The first kappa shape index (κ1) is 19.7. The van der Waals surface area contributed by atoms with Crippen molar-refractivity contribution in [1.29, 1.82) is 0 Å². The van der Waals surface area contributed by atoms with Crippen molar-refractivity contribution in [2.45, 2.75) is 19.6 Å². The lowest BCUT2D eigenvalue weighted by molar-refractivity contribution is 0.275. The molecule has 0 aromatic heterocycles. The predicted octanol–water partition coefficient (Wildman–Crippen LogP) is 3.87. The minimum Gasteiger partial charge on any atom is -0.493 e. The Morgan fingerprint density at radius 2 is 1.92 bits per heavy atom. The van der Waals surface area contributed by atoms with Gasteiger partial charge in [-0.3, -0.25) is 0 Å². The molecule has 2 N–H and O–H groups in total. The molecule has 0 bridgehead atoms. The lowest BCUT2D eigenvalue weighted by Gasteiger charge is -2.17.